The lowest BCUT2D eigenvalue weighted by atomic mass is 10.0. The van der Waals surface area contributed by atoms with E-state index in [4.69, 9.17) is 11.5 Å². The fourth-order valence-electron chi connectivity index (χ4n) is 12.8. The largest absolute Gasteiger partial charge is 0.508 e. The number of phenolic OH excluding ortho intramolecular Hbond substituents is 3. The van der Waals surface area contributed by atoms with E-state index < -0.39 is 174 Å². The van der Waals surface area contributed by atoms with Gasteiger partial charge in [-0.1, -0.05) is 36.4 Å². The number of aliphatic hydroxyl groups excluding tert-OH is 1. The Morgan fingerprint density at radius 2 is 0.893 bits per heavy atom. The first kappa shape index (κ1) is 79.4. The third-order valence-electron chi connectivity index (χ3n) is 18.4. The van der Waals surface area contributed by atoms with Crippen LogP contribution in [-0.4, -0.2) is 246 Å². The summed E-state index contributed by atoms with van der Waals surface area (Å²) >= 11 is 0. The molecule has 3 aromatic rings. The lowest BCUT2D eigenvalue weighted by Gasteiger charge is -2.33. The second kappa shape index (κ2) is 37.1. The normalized spacial score (nSPS) is 19.4. The maximum absolute atomic E-state index is 15.0. The van der Waals surface area contributed by atoms with Crippen molar-refractivity contribution in [2.45, 2.75) is 183 Å². The van der Waals surface area contributed by atoms with Gasteiger partial charge < -0.3 is 105 Å². The number of nitrogens with one attached hydrogen (secondary N) is 8. The zero-order valence-corrected chi connectivity index (χ0v) is 57.2. The molecule has 4 aliphatic rings. The van der Waals surface area contributed by atoms with Crippen LogP contribution in [-0.2, 0) is 91.2 Å². The first-order chi connectivity index (χ1) is 48.9. The predicted molar refractivity (Wildman–Crippen MR) is 360 cm³/mol. The Kier molecular flexibility index (Phi) is 28.6. The molecule has 0 aliphatic carbocycles. The van der Waals surface area contributed by atoms with E-state index in [2.05, 4.69) is 48.3 Å². The second-order valence-electron chi connectivity index (χ2n) is 26.2. The number of likely N-dealkylation sites (tertiary alicyclic amines) is 4. The minimum atomic E-state index is -1.77. The molecule has 0 radical (unpaired) electrons. The Morgan fingerprint density at radius 3 is 1.39 bits per heavy atom. The molecule has 0 bridgehead atoms. The highest BCUT2D eigenvalue weighted by Gasteiger charge is 2.46. The van der Waals surface area contributed by atoms with Crippen LogP contribution in [0.1, 0.15) is 108 Å². The summed E-state index contributed by atoms with van der Waals surface area (Å²) in [6.07, 6.45) is -1.24. The van der Waals surface area contributed by atoms with E-state index in [0.29, 0.717) is 36.0 Å². The van der Waals surface area contributed by atoms with Crippen molar-refractivity contribution in [3.63, 3.8) is 0 Å². The van der Waals surface area contributed by atoms with E-state index in [9.17, 15) is 97.5 Å². The van der Waals surface area contributed by atoms with Crippen molar-refractivity contribution in [1.82, 2.24) is 62.1 Å². The number of primary amides is 2. The van der Waals surface area contributed by atoms with Crippen LogP contribution >= 0.6 is 0 Å². The number of phenols is 3. The van der Waals surface area contributed by atoms with Gasteiger partial charge >= 0.3 is 5.97 Å². The predicted octanol–water partition coefficient (Wildman–Crippen LogP) is -5.44. The molecular weight excluding hydrogens is 1350 g/mol. The van der Waals surface area contributed by atoms with Gasteiger partial charge in [0.05, 0.1) is 19.2 Å². The number of carbonyl (C=O) groups is 15. The lowest BCUT2D eigenvalue weighted by Crippen LogP contribution is -2.69. The summed E-state index contributed by atoms with van der Waals surface area (Å²) in [6.45, 7) is 1.34. The maximum Gasteiger partial charge on any atom is 0.326 e. The summed E-state index contributed by atoms with van der Waals surface area (Å²) in [7, 11) is 0. The van der Waals surface area contributed by atoms with E-state index in [1.165, 1.54) is 106 Å². The van der Waals surface area contributed by atoms with Crippen LogP contribution in [0.15, 0.2) is 72.8 Å². The molecule has 0 saturated carbocycles. The molecule has 3 aromatic carbocycles. The molecule has 7 rings (SSSR count). The summed E-state index contributed by atoms with van der Waals surface area (Å²) in [5, 5.41) is 70.9. The summed E-state index contributed by atoms with van der Waals surface area (Å²) in [6, 6.07) is 2.70. The number of carboxylic acid groups (broad SMARTS) is 1. The number of aliphatic hydroxyl groups is 1. The van der Waals surface area contributed by atoms with Crippen LogP contribution in [0.2, 0.25) is 0 Å². The van der Waals surface area contributed by atoms with Crippen molar-refractivity contribution in [1.29, 1.82) is 0 Å². The summed E-state index contributed by atoms with van der Waals surface area (Å²) < 4.78 is 0. The van der Waals surface area contributed by atoms with Crippen molar-refractivity contribution in [3.8, 4) is 17.2 Å². The molecule has 35 heteroatoms. The zero-order chi connectivity index (χ0) is 75.4. The standard InChI is InChI=1S/C68H91N15O20/c1-36(74-59(93)44(69)23-25-53(70)88)58(92)76-45(24-26-54(71)89)60(94)73-35-56(91)80-27-6-10-52(80)67(101)83-30-5-8-50(83)62(96)77-46(31-38-11-17-41(85)18-12-38)65(99)82-29-4-9-51(82)63(97)79-57(37(2)84)64(98)78-47(32-39-13-19-42(86)20-14-39)66(100)81-28-3-7-49(81)61(95)72-34-55(90)75-48(68(102)103)33-40-15-21-43(87)22-16-40/h11-22,36-37,44-52,57,84-87H,3-10,23-35,69H2,1-2H3,(H2,70,88)(H2,71,89)(H,72,95)(H,73,94)(H,74,93)(H,75,90)(H,76,92)(H,77,96)(H,78,98)(H,79,97)(H,102,103)/p+1/t36-,37+,44-,45-,46-,47-,48-,49-,50-,51-,52-,57-/m0/s1. The number of aromatic hydroxyl groups is 3. The van der Waals surface area contributed by atoms with Crippen molar-refractivity contribution in [2.75, 3.05) is 39.3 Å². The van der Waals surface area contributed by atoms with Crippen molar-refractivity contribution in [3.05, 3.63) is 89.5 Å². The third-order valence-corrected chi connectivity index (χ3v) is 18.4. The number of aliphatic carboxylic acids is 1. The molecule has 0 aromatic heterocycles. The van der Waals surface area contributed by atoms with E-state index in [1.807, 2.05) is 0 Å². The van der Waals surface area contributed by atoms with Crippen molar-refractivity contribution in [2.24, 2.45) is 11.5 Å². The number of hydrogen-bond donors (Lipinski definition) is 16. The molecule has 4 aliphatic heterocycles. The minimum Gasteiger partial charge on any atom is -0.508 e. The van der Waals surface area contributed by atoms with Gasteiger partial charge in [0.15, 0.2) is 6.04 Å². The van der Waals surface area contributed by atoms with Gasteiger partial charge in [-0.2, -0.15) is 0 Å². The van der Waals surface area contributed by atoms with Gasteiger partial charge in [0.2, 0.25) is 76.8 Å². The number of nitrogens with two attached hydrogens (primary N) is 2. The van der Waals surface area contributed by atoms with E-state index in [-0.39, 0.29) is 120 Å². The molecule has 558 valence electrons. The molecule has 0 unspecified atom stereocenters. The van der Waals surface area contributed by atoms with E-state index >= 15 is 0 Å². The average molecular weight is 1440 g/mol. The quantitative estimate of drug-likeness (QED) is 0.0265. The molecule has 103 heavy (non-hydrogen) atoms. The molecule has 4 saturated heterocycles. The van der Waals surface area contributed by atoms with Crippen LogP contribution in [0.3, 0.4) is 0 Å². The van der Waals surface area contributed by atoms with E-state index in [0.717, 1.165) is 0 Å². The second-order valence-corrected chi connectivity index (χ2v) is 26.2. The number of amides is 14. The number of benzene rings is 3. The number of nitrogens with zero attached hydrogens (tertiary/aromatic N) is 4. The molecule has 14 amide bonds. The number of carboxylic acids is 1. The summed E-state index contributed by atoms with van der Waals surface area (Å²) in [4.78, 5) is 208. The Balaban J connectivity index is 0.996. The number of carbonyl (C=O) groups excluding carboxylic acids is 14. The Morgan fingerprint density at radius 1 is 0.466 bits per heavy atom. The van der Waals surface area contributed by atoms with Crippen LogP contribution in [0, 0.1) is 0 Å². The lowest BCUT2D eigenvalue weighted by molar-refractivity contribution is -0.405. The Labute approximate surface area is 592 Å². The zero-order valence-electron chi connectivity index (χ0n) is 57.2. The van der Waals surface area contributed by atoms with E-state index in [1.54, 1.807) is 0 Å². The monoisotopic (exact) mass is 1440 g/mol. The summed E-state index contributed by atoms with van der Waals surface area (Å²) in [5.41, 5.74) is 15.6. The molecular formula is C68H92N15O20+. The van der Waals surface area contributed by atoms with Gasteiger partial charge in [-0.3, -0.25) is 67.1 Å². The minimum absolute atomic E-state index is 0.00731. The highest BCUT2D eigenvalue weighted by atomic mass is 16.4. The number of rotatable bonds is 34. The SMILES string of the molecule is C[C@H](NC(=O)[C@@H]([NH3+])CCC(N)=O)C(=O)N[C@@H](CCC(N)=O)C(=O)NCC(=O)N1CCC[C@H]1C(=O)N1CCC[C@H]1C(=O)N[C@@H](Cc1ccc(O)cc1)C(=O)N1CCC[C@H]1C(=O)N[C@H](C(=O)N[C@@H](Cc1ccc(O)cc1)C(=O)N1CCC[C@H]1C(=O)NCC(=O)N[C@@H](Cc1ccc(O)cc1)C(=O)O)[C@@H](C)O. The van der Waals surface area contributed by atoms with Gasteiger partial charge in [-0.15, -0.1) is 0 Å². The van der Waals surface area contributed by atoms with Crippen LogP contribution in [0.25, 0.3) is 0 Å². The Hall–Kier alpha value is -11.0. The van der Waals surface area contributed by atoms with Gasteiger partial charge in [0.1, 0.15) is 77.7 Å². The van der Waals surface area contributed by atoms with Crippen molar-refractivity contribution >= 4 is 88.7 Å². The first-order valence-corrected chi connectivity index (χ1v) is 34.1. The van der Waals surface area contributed by atoms with Crippen LogP contribution in [0.5, 0.6) is 17.2 Å². The molecule has 35 nitrogen and oxygen atoms in total. The maximum atomic E-state index is 15.0. The fourth-order valence-corrected chi connectivity index (χ4v) is 12.8. The van der Waals surface area contributed by atoms with Gasteiger partial charge in [-0.05, 0) is 125 Å². The highest BCUT2D eigenvalue weighted by Crippen LogP contribution is 2.28. The number of quaternary nitrogens is 1. The Bertz CT molecular complexity index is 3620. The smallest absolute Gasteiger partial charge is 0.326 e. The molecule has 20 N–H and O–H groups in total. The van der Waals surface area contributed by atoms with Crippen LogP contribution < -0.4 is 59.7 Å². The molecule has 0 spiro atoms. The van der Waals surface area contributed by atoms with Gasteiger partial charge in [-0.25, -0.2) is 4.79 Å². The van der Waals surface area contributed by atoms with Crippen molar-refractivity contribution < 1.29 is 103 Å². The van der Waals surface area contributed by atoms with Gasteiger partial charge in [0, 0.05) is 64.7 Å². The molecule has 4 fully saturated rings. The highest BCUT2D eigenvalue weighted by molar-refractivity contribution is 6.00. The van der Waals surface area contributed by atoms with Crippen LogP contribution in [0.4, 0.5) is 0 Å². The molecule has 4 heterocycles. The third kappa shape index (κ3) is 22.5. The topological polar surface area (TPSA) is 546 Å². The van der Waals surface area contributed by atoms with Gasteiger partial charge in [0.25, 0.3) is 5.91 Å². The first-order valence-electron chi connectivity index (χ1n) is 34.1. The number of hydrogen-bond acceptors (Lipinski definition) is 19. The molecule has 12 atom stereocenters. The fraction of sp³-hybridized carbons (Fsp3) is 0.515. The average Bonchev–Trinajstić information content (AvgIpc) is 1.71. The summed E-state index contributed by atoms with van der Waals surface area (Å²) in [5.74, 6) is -12.6.